The zero-order chi connectivity index (χ0) is 10.6. The highest BCUT2D eigenvalue weighted by Gasteiger charge is 2.39. The summed E-state index contributed by atoms with van der Waals surface area (Å²) >= 11 is 0. The Morgan fingerprint density at radius 1 is 1.62 bits per heavy atom. The van der Waals surface area contributed by atoms with Crippen LogP contribution in [0.2, 0.25) is 0 Å². The molecule has 0 aromatic carbocycles. The molecule has 2 unspecified atom stereocenters. The fraction of sp³-hybridized carbons (Fsp3) is 0.833. The van der Waals surface area contributed by atoms with Crippen LogP contribution in [0.5, 0.6) is 0 Å². The fourth-order valence-corrected chi connectivity index (χ4v) is 0.919. The zero-order valence-corrected chi connectivity index (χ0v) is 7.30. The first-order valence-electron chi connectivity index (χ1n) is 3.65. The van der Waals surface area contributed by atoms with Gasteiger partial charge in [0, 0.05) is 0 Å². The molecular weight excluding hydrogens is 176 g/mol. The standard InChI is InChI=1S/C6H14N4O3/c1-3(11)4(2-10-13)6(8,9)5(7)12/h4-5,12H,2,7-9H2,1H3. The Balaban J connectivity index is 4.71. The van der Waals surface area contributed by atoms with Gasteiger partial charge in [0.1, 0.15) is 17.7 Å². The second-order valence-corrected chi connectivity index (χ2v) is 2.92. The van der Waals surface area contributed by atoms with E-state index < -0.39 is 30.1 Å². The van der Waals surface area contributed by atoms with Crippen LogP contribution in [0.15, 0.2) is 5.18 Å². The highest BCUT2D eigenvalue weighted by Crippen LogP contribution is 2.13. The summed E-state index contributed by atoms with van der Waals surface area (Å²) in [5.41, 5.74) is 14.0. The van der Waals surface area contributed by atoms with E-state index in [1.807, 2.05) is 0 Å². The van der Waals surface area contributed by atoms with E-state index in [0.29, 0.717) is 0 Å². The minimum absolute atomic E-state index is 0.392. The van der Waals surface area contributed by atoms with Crippen molar-refractivity contribution in [2.24, 2.45) is 28.3 Å². The number of Topliss-reactive ketones (excluding diaryl/α,β-unsaturated/α-hetero) is 1. The minimum Gasteiger partial charge on any atom is -0.375 e. The summed E-state index contributed by atoms with van der Waals surface area (Å²) in [7, 11) is 0. The first-order chi connectivity index (χ1) is 5.84. The van der Waals surface area contributed by atoms with Crippen molar-refractivity contribution in [3.8, 4) is 0 Å². The number of nitrogens with zero attached hydrogens (tertiary/aromatic N) is 1. The van der Waals surface area contributed by atoms with Crippen LogP contribution >= 0.6 is 0 Å². The minimum atomic E-state index is -1.82. The van der Waals surface area contributed by atoms with Crippen LogP contribution in [0.1, 0.15) is 6.92 Å². The lowest BCUT2D eigenvalue weighted by Crippen LogP contribution is -2.68. The summed E-state index contributed by atoms with van der Waals surface area (Å²) in [6.07, 6.45) is -1.58. The summed E-state index contributed by atoms with van der Waals surface area (Å²) < 4.78 is 0. The van der Waals surface area contributed by atoms with Crippen molar-refractivity contribution in [3.05, 3.63) is 4.91 Å². The normalized spacial score (nSPS) is 16.4. The highest BCUT2D eigenvalue weighted by molar-refractivity contribution is 5.80. The molecule has 0 bridgehead atoms. The van der Waals surface area contributed by atoms with Gasteiger partial charge in [-0.05, 0) is 6.92 Å². The first-order valence-corrected chi connectivity index (χ1v) is 3.65. The van der Waals surface area contributed by atoms with Gasteiger partial charge in [0.05, 0.1) is 12.5 Å². The van der Waals surface area contributed by atoms with Crippen molar-refractivity contribution in [1.82, 2.24) is 0 Å². The van der Waals surface area contributed by atoms with Crippen molar-refractivity contribution in [2.45, 2.75) is 18.8 Å². The number of nitroso groups, excluding NO2 is 1. The van der Waals surface area contributed by atoms with Crippen LogP contribution in [-0.2, 0) is 4.79 Å². The summed E-state index contributed by atoms with van der Waals surface area (Å²) in [5, 5.41) is 11.5. The van der Waals surface area contributed by atoms with Gasteiger partial charge < -0.3 is 22.3 Å². The molecule has 0 amide bonds. The largest absolute Gasteiger partial charge is 0.375 e. The van der Waals surface area contributed by atoms with Crippen LogP contribution in [0.4, 0.5) is 0 Å². The fourth-order valence-electron chi connectivity index (χ4n) is 0.919. The SMILES string of the molecule is CC(=O)C(CN=O)C(N)(N)C(N)O. The van der Waals surface area contributed by atoms with Crippen molar-refractivity contribution >= 4 is 5.78 Å². The molecule has 0 spiro atoms. The molecule has 7 N–H and O–H groups in total. The molecule has 76 valence electrons. The molecule has 0 aliphatic carbocycles. The second-order valence-electron chi connectivity index (χ2n) is 2.92. The number of nitrogens with two attached hydrogens (primary N) is 3. The molecule has 0 radical (unpaired) electrons. The lowest BCUT2D eigenvalue weighted by molar-refractivity contribution is -0.124. The summed E-state index contributed by atoms with van der Waals surface area (Å²) in [6.45, 7) is 0.809. The van der Waals surface area contributed by atoms with Gasteiger partial charge in [0.2, 0.25) is 0 Å². The number of rotatable bonds is 5. The highest BCUT2D eigenvalue weighted by atomic mass is 16.3. The molecule has 13 heavy (non-hydrogen) atoms. The van der Waals surface area contributed by atoms with E-state index in [4.69, 9.17) is 22.3 Å². The van der Waals surface area contributed by atoms with E-state index in [2.05, 4.69) is 5.18 Å². The molecule has 0 saturated carbocycles. The Bertz CT molecular complexity index is 204. The molecule has 0 rings (SSSR count). The van der Waals surface area contributed by atoms with Crippen molar-refractivity contribution in [3.63, 3.8) is 0 Å². The van der Waals surface area contributed by atoms with Crippen molar-refractivity contribution in [2.75, 3.05) is 6.54 Å². The Hall–Kier alpha value is -0.890. The number of hydrogen-bond acceptors (Lipinski definition) is 7. The lowest BCUT2D eigenvalue weighted by Gasteiger charge is -2.32. The molecule has 0 saturated heterocycles. The number of aliphatic hydroxyl groups is 1. The van der Waals surface area contributed by atoms with Gasteiger partial charge in [-0.25, -0.2) is 0 Å². The van der Waals surface area contributed by atoms with Crippen LogP contribution in [-0.4, -0.2) is 29.3 Å². The maximum absolute atomic E-state index is 11.0. The van der Waals surface area contributed by atoms with E-state index in [0.717, 1.165) is 0 Å². The monoisotopic (exact) mass is 190 g/mol. The molecule has 0 aliphatic rings. The van der Waals surface area contributed by atoms with Gasteiger partial charge in [-0.1, -0.05) is 5.18 Å². The quantitative estimate of drug-likeness (QED) is 0.287. The molecule has 0 fully saturated rings. The average molecular weight is 190 g/mol. The maximum atomic E-state index is 11.0. The van der Waals surface area contributed by atoms with Gasteiger partial charge in [-0.15, -0.1) is 0 Å². The van der Waals surface area contributed by atoms with Gasteiger partial charge in [-0.2, -0.15) is 4.91 Å². The number of carbonyl (C=O) groups is 1. The Kier molecular flexibility index (Phi) is 4.08. The van der Waals surface area contributed by atoms with E-state index >= 15 is 0 Å². The molecule has 0 heterocycles. The lowest BCUT2D eigenvalue weighted by atomic mass is 9.89. The van der Waals surface area contributed by atoms with Crippen LogP contribution in [0.25, 0.3) is 0 Å². The second kappa shape index (κ2) is 4.38. The summed E-state index contributed by atoms with van der Waals surface area (Å²) in [4.78, 5) is 20.9. The number of carbonyl (C=O) groups excluding carboxylic acids is 1. The number of ketones is 1. The number of aliphatic hydroxyl groups excluding tert-OH is 1. The van der Waals surface area contributed by atoms with E-state index in [1.165, 1.54) is 6.92 Å². The zero-order valence-electron chi connectivity index (χ0n) is 7.30. The summed E-state index contributed by atoms with van der Waals surface area (Å²) in [6, 6.07) is 0. The van der Waals surface area contributed by atoms with Crippen LogP contribution < -0.4 is 17.2 Å². The predicted octanol–water partition coefficient (Wildman–Crippen LogP) is -2.15. The van der Waals surface area contributed by atoms with Gasteiger partial charge in [0.15, 0.2) is 0 Å². The third-order valence-electron chi connectivity index (χ3n) is 1.86. The third-order valence-corrected chi connectivity index (χ3v) is 1.86. The predicted molar refractivity (Wildman–Crippen MR) is 46.1 cm³/mol. The van der Waals surface area contributed by atoms with Crippen molar-refractivity contribution in [1.29, 1.82) is 0 Å². The molecule has 0 aromatic rings. The van der Waals surface area contributed by atoms with Gasteiger partial charge in [-0.3, -0.25) is 4.79 Å². The van der Waals surface area contributed by atoms with Gasteiger partial charge in [0.25, 0.3) is 0 Å². The smallest absolute Gasteiger partial charge is 0.138 e. The molecule has 7 nitrogen and oxygen atoms in total. The maximum Gasteiger partial charge on any atom is 0.138 e. The molecule has 7 heteroatoms. The van der Waals surface area contributed by atoms with Crippen LogP contribution in [0, 0.1) is 10.8 Å². The topological polar surface area (TPSA) is 145 Å². The average Bonchev–Trinajstić information content (AvgIpc) is 1.98. The van der Waals surface area contributed by atoms with E-state index in [1.54, 1.807) is 0 Å². The molecule has 0 aliphatic heterocycles. The number of hydrogen-bond donors (Lipinski definition) is 4. The molecule has 0 aromatic heterocycles. The third kappa shape index (κ3) is 2.81. The van der Waals surface area contributed by atoms with Crippen molar-refractivity contribution < 1.29 is 9.90 Å². The Morgan fingerprint density at radius 3 is 2.31 bits per heavy atom. The molecule has 2 atom stereocenters. The molecular formula is C6H14N4O3. The Morgan fingerprint density at radius 2 is 2.08 bits per heavy atom. The van der Waals surface area contributed by atoms with Crippen LogP contribution in [0.3, 0.4) is 0 Å². The van der Waals surface area contributed by atoms with Gasteiger partial charge >= 0.3 is 0 Å². The Labute approximate surface area is 75.2 Å². The first kappa shape index (κ1) is 12.1. The van der Waals surface area contributed by atoms with E-state index in [9.17, 15) is 9.70 Å². The van der Waals surface area contributed by atoms with E-state index in [-0.39, 0.29) is 0 Å². The summed E-state index contributed by atoms with van der Waals surface area (Å²) in [5.74, 6) is -1.50.